The van der Waals surface area contributed by atoms with Gasteiger partial charge in [-0.2, -0.15) is 0 Å². The van der Waals surface area contributed by atoms with E-state index in [1.165, 1.54) is 11.8 Å². The van der Waals surface area contributed by atoms with Crippen molar-refractivity contribution in [2.45, 2.75) is 6.61 Å². The number of likely N-dealkylation sites (N-methyl/N-ethyl adjacent to an activating group) is 1. The first-order chi connectivity index (χ1) is 14.5. The highest BCUT2D eigenvalue weighted by Gasteiger charge is 2.30. The summed E-state index contributed by atoms with van der Waals surface area (Å²) in [6, 6.07) is 17.3. The third-order valence-electron chi connectivity index (χ3n) is 4.80. The Morgan fingerprint density at radius 2 is 1.93 bits per heavy atom. The highest BCUT2D eigenvalue weighted by Crippen LogP contribution is 2.36. The van der Waals surface area contributed by atoms with Gasteiger partial charge in [-0.1, -0.05) is 59.6 Å². The van der Waals surface area contributed by atoms with Gasteiger partial charge in [-0.05, 0) is 46.8 Å². The number of thioether (sulfide) groups is 1. The fourth-order valence-corrected chi connectivity index (χ4v) is 4.60. The molecule has 1 fully saturated rings. The SMILES string of the molecule is CN=C1S/C(=C/c2c(OCc3ccc(Cl)cc3Cl)ccc3ccccc23)C(=O)N1C. The first-order valence-corrected chi connectivity index (χ1v) is 10.8. The van der Waals surface area contributed by atoms with Crippen molar-refractivity contribution in [2.24, 2.45) is 4.99 Å². The van der Waals surface area contributed by atoms with E-state index < -0.39 is 0 Å². The van der Waals surface area contributed by atoms with Crippen LogP contribution in [0.1, 0.15) is 11.1 Å². The van der Waals surface area contributed by atoms with Gasteiger partial charge >= 0.3 is 0 Å². The number of halogens is 2. The fourth-order valence-electron chi connectivity index (χ4n) is 3.23. The summed E-state index contributed by atoms with van der Waals surface area (Å²) in [7, 11) is 3.40. The van der Waals surface area contributed by atoms with Gasteiger partial charge in [-0.25, -0.2) is 0 Å². The maximum atomic E-state index is 12.7. The van der Waals surface area contributed by atoms with Crippen LogP contribution >= 0.6 is 35.0 Å². The number of aliphatic imine (C=N–C) groups is 1. The van der Waals surface area contributed by atoms with Gasteiger partial charge in [0.2, 0.25) is 0 Å². The molecule has 0 atom stereocenters. The zero-order valence-corrected chi connectivity index (χ0v) is 18.7. The van der Waals surface area contributed by atoms with Crippen LogP contribution in [-0.2, 0) is 11.4 Å². The molecule has 0 aliphatic carbocycles. The number of ether oxygens (including phenoxy) is 1. The number of amides is 1. The van der Waals surface area contributed by atoms with E-state index in [1.807, 2.05) is 48.5 Å². The molecule has 3 aromatic rings. The van der Waals surface area contributed by atoms with Crippen LogP contribution in [0.5, 0.6) is 5.75 Å². The second-order valence-electron chi connectivity index (χ2n) is 6.70. The monoisotopic (exact) mass is 456 g/mol. The predicted octanol–water partition coefficient (Wildman–Crippen LogP) is 6.26. The molecule has 3 aromatic carbocycles. The average molecular weight is 457 g/mol. The summed E-state index contributed by atoms with van der Waals surface area (Å²) in [5, 5.41) is 3.86. The minimum atomic E-state index is -0.0831. The van der Waals surface area contributed by atoms with Crippen LogP contribution in [-0.4, -0.2) is 30.1 Å². The van der Waals surface area contributed by atoms with Gasteiger partial charge in [0.25, 0.3) is 5.91 Å². The van der Waals surface area contributed by atoms with Gasteiger partial charge in [-0.3, -0.25) is 14.7 Å². The van der Waals surface area contributed by atoms with Crippen LogP contribution in [0.25, 0.3) is 16.8 Å². The molecule has 1 aliphatic rings. The lowest BCUT2D eigenvalue weighted by Gasteiger charge is -2.13. The van der Waals surface area contributed by atoms with E-state index in [-0.39, 0.29) is 12.5 Å². The van der Waals surface area contributed by atoms with E-state index in [0.29, 0.717) is 25.9 Å². The highest BCUT2D eigenvalue weighted by atomic mass is 35.5. The molecule has 0 aromatic heterocycles. The Hall–Kier alpha value is -2.47. The number of hydrogen-bond donors (Lipinski definition) is 0. The summed E-state index contributed by atoms with van der Waals surface area (Å²) in [5.74, 6) is 0.588. The van der Waals surface area contributed by atoms with Crippen molar-refractivity contribution in [3.8, 4) is 5.75 Å². The molecule has 152 valence electrons. The molecule has 0 spiro atoms. The van der Waals surface area contributed by atoms with Crippen LogP contribution in [0.3, 0.4) is 0 Å². The zero-order valence-electron chi connectivity index (χ0n) is 16.4. The Balaban J connectivity index is 1.75. The van der Waals surface area contributed by atoms with Gasteiger partial charge in [-0.15, -0.1) is 0 Å². The number of fused-ring (bicyclic) bond motifs is 1. The fraction of sp³-hybridized carbons (Fsp3) is 0.130. The summed E-state index contributed by atoms with van der Waals surface area (Å²) in [6.07, 6.45) is 1.88. The number of benzene rings is 3. The second-order valence-corrected chi connectivity index (χ2v) is 8.56. The largest absolute Gasteiger partial charge is 0.488 e. The highest BCUT2D eigenvalue weighted by molar-refractivity contribution is 8.18. The smallest absolute Gasteiger partial charge is 0.266 e. The lowest BCUT2D eigenvalue weighted by molar-refractivity contribution is -0.121. The standard InChI is InChI=1S/C23H18Cl2N2O2S/c1-26-23-27(2)22(28)21(30-23)12-18-17-6-4-3-5-14(17)8-10-20(18)29-13-15-7-9-16(24)11-19(15)25/h3-12H,13H2,1-2H3/b21-12+,26-23?. The van der Waals surface area contributed by atoms with Gasteiger partial charge in [0.05, 0.1) is 4.91 Å². The van der Waals surface area contributed by atoms with Crippen LogP contribution in [0.15, 0.2) is 64.5 Å². The van der Waals surface area contributed by atoms with Crippen molar-refractivity contribution in [1.82, 2.24) is 4.90 Å². The van der Waals surface area contributed by atoms with Crippen molar-refractivity contribution in [2.75, 3.05) is 14.1 Å². The average Bonchev–Trinajstić information content (AvgIpc) is 3.02. The van der Waals surface area contributed by atoms with Gasteiger partial charge in [0, 0.05) is 35.3 Å². The first kappa shape index (κ1) is 20.8. The molecule has 7 heteroatoms. The number of amidine groups is 1. The van der Waals surface area contributed by atoms with Crippen molar-refractivity contribution in [1.29, 1.82) is 0 Å². The Bertz CT molecular complexity index is 1210. The minimum Gasteiger partial charge on any atom is -0.488 e. The van der Waals surface area contributed by atoms with E-state index in [0.717, 1.165) is 21.9 Å². The number of carbonyl (C=O) groups excluding carboxylic acids is 1. The van der Waals surface area contributed by atoms with E-state index in [9.17, 15) is 4.79 Å². The van der Waals surface area contributed by atoms with Crippen LogP contribution in [0.4, 0.5) is 0 Å². The third kappa shape index (κ3) is 4.06. The van der Waals surface area contributed by atoms with Gasteiger partial charge < -0.3 is 4.74 Å². The van der Waals surface area contributed by atoms with Crippen LogP contribution in [0.2, 0.25) is 10.0 Å². The lowest BCUT2D eigenvalue weighted by Crippen LogP contribution is -2.23. The Morgan fingerprint density at radius 1 is 1.13 bits per heavy atom. The number of nitrogens with zero attached hydrogens (tertiary/aromatic N) is 2. The quantitative estimate of drug-likeness (QED) is 0.435. The molecule has 0 radical (unpaired) electrons. The minimum absolute atomic E-state index is 0.0831. The molecule has 4 rings (SSSR count). The van der Waals surface area contributed by atoms with Crippen LogP contribution in [0, 0.1) is 0 Å². The first-order valence-electron chi connectivity index (χ1n) is 9.21. The number of rotatable bonds is 4. The normalized spacial score (nSPS) is 16.8. The summed E-state index contributed by atoms with van der Waals surface area (Å²) < 4.78 is 6.14. The van der Waals surface area contributed by atoms with E-state index >= 15 is 0 Å². The molecule has 0 saturated carbocycles. The Kier molecular flexibility index (Phi) is 6.04. The molecule has 1 aliphatic heterocycles. The molecule has 1 saturated heterocycles. The van der Waals surface area contributed by atoms with Crippen LogP contribution < -0.4 is 4.74 Å². The molecule has 0 N–H and O–H groups in total. The lowest BCUT2D eigenvalue weighted by atomic mass is 10.0. The maximum absolute atomic E-state index is 12.7. The van der Waals surface area contributed by atoms with Gasteiger partial charge in [0.1, 0.15) is 12.4 Å². The van der Waals surface area contributed by atoms with Gasteiger partial charge in [0.15, 0.2) is 5.17 Å². The second kappa shape index (κ2) is 8.72. The van der Waals surface area contributed by atoms with Crippen molar-refractivity contribution < 1.29 is 9.53 Å². The summed E-state index contributed by atoms with van der Waals surface area (Å²) in [4.78, 5) is 19.0. The molecule has 1 heterocycles. The Morgan fingerprint density at radius 3 is 2.67 bits per heavy atom. The molecular formula is C23H18Cl2N2O2S. The molecular weight excluding hydrogens is 439 g/mol. The summed E-state index contributed by atoms with van der Waals surface area (Å²) in [6.45, 7) is 0.285. The Labute approximate surface area is 189 Å². The molecule has 0 unspecified atom stereocenters. The topological polar surface area (TPSA) is 41.9 Å². The maximum Gasteiger partial charge on any atom is 0.266 e. The summed E-state index contributed by atoms with van der Waals surface area (Å²) >= 11 is 13.6. The third-order valence-corrected chi connectivity index (χ3v) is 6.54. The molecule has 0 bridgehead atoms. The molecule has 30 heavy (non-hydrogen) atoms. The van der Waals surface area contributed by atoms with E-state index in [1.54, 1.807) is 31.1 Å². The molecule has 4 nitrogen and oxygen atoms in total. The number of carbonyl (C=O) groups is 1. The molecule has 1 amide bonds. The van der Waals surface area contributed by atoms with Crippen molar-refractivity contribution in [3.63, 3.8) is 0 Å². The number of hydrogen-bond acceptors (Lipinski definition) is 4. The van der Waals surface area contributed by atoms with E-state index in [2.05, 4.69) is 4.99 Å². The predicted molar refractivity (Wildman–Crippen MR) is 126 cm³/mol. The van der Waals surface area contributed by atoms with Crippen molar-refractivity contribution in [3.05, 3.63) is 80.7 Å². The van der Waals surface area contributed by atoms with Crippen molar-refractivity contribution >= 4 is 62.9 Å². The van der Waals surface area contributed by atoms with E-state index in [4.69, 9.17) is 27.9 Å². The zero-order chi connectivity index (χ0) is 21.3. The summed E-state index contributed by atoms with van der Waals surface area (Å²) in [5.41, 5.74) is 1.68.